The number of hydrogen-bond acceptors (Lipinski definition) is 3. The summed E-state index contributed by atoms with van der Waals surface area (Å²) in [6.07, 6.45) is 4.44. The van der Waals surface area contributed by atoms with Gasteiger partial charge in [0.05, 0.1) is 5.60 Å². The Balaban J connectivity index is 1.74. The third kappa shape index (κ3) is 3.09. The Labute approximate surface area is 131 Å². The molecule has 0 radical (unpaired) electrons. The molecule has 0 aromatic heterocycles. The van der Waals surface area contributed by atoms with Crippen LogP contribution in [-0.2, 0) is 14.0 Å². The Bertz CT molecular complexity index is 453. The van der Waals surface area contributed by atoms with Crippen molar-refractivity contribution in [1.29, 1.82) is 0 Å². The lowest BCUT2D eigenvalue weighted by Crippen LogP contribution is -2.61. The van der Waals surface area contributed by atoms with Crippen molar-refractivity contribution >= 4 is 14.3 Å². The highest BCUT2D eigenvalue weighted by Gasteiger charge is 2.58. The molecule has 0 N–H and O–H groups in total. The molecule has 126 valence electrons. The highest BCUT2D eigenvalue weighted by Crippen LogP contribution is 2.58. The van der Waals surface area contributed by atoms with Gasteiger partial charge in [0, 0.05) is 6.92 Å². The molecule has 0 aromatic rings. The minimum Gasteiger partial charge on any atom is -0.457 e. The van der Waals surface area contributed by atoms with Gasteiger partial charge in [0.1, 0.15) is 6.10 Å². The van der Waals surface area contributed by atoms with Crippen LogP contribution >= 0.6 is 0 Å². The molecule has 4 aliphatic rings. The molecule has 3 nitrogen and oxygen atoms in total. The molecule has 6 heteroatoms. The smallest absolute Gasteiger partial charge is 0.376 e. The maximum absolute atomic E-state index is 13.1. The summed E-state index contributed by atoms with van der Waals surface area (Å²) in [5.74, 6) is -3.79. The van der Waals surface area contributed by atoms with E-state index in [-0.39, 0.29) is 23.5 Å². The molecule has 0 amide bonds. The van der Waals surface area contributed by atoms with Crippen molar-refractivity contribution < 1.29 is 22.7 Å². The van der Waals surface area contributed by atoms with E-state index in [1.54, 1.807) is 0 Å². The summed E-state index contributed by atoms with van der Waals surface area (Å²) in [5.41, 5.74) is -0.0847. The number of esters is 1. The molecule has 4 bridgehead atoms. The van der Waals surface area contributed by atoms with Crippen LogP contribution in [0.5, 0.6) is 0 Å². The summed E-state index contributed by atoms with van der Waals surface area (Å²) in [6.45, 7) is 7.20. The molecule has 4 fully saturated rings. The second kappa shape index (κ2) is 5.00. The number of alkyl halides is 2. The van der Waals surface area contributed by atoms with E-state index in [1.165, 1.54) is 0 Å². The first-order chi connectivity index (χ1) is 9.97. The SMILES string of the molecule is CC(F)(F)C(=O)OC1C2CC3CC1CC(O[Si](C)(C)C)(C3)C2. The molecule has 0 saturated heterocycles. The molecule has 22 heavy (non-hydrogen) atoms. The summed E-state index contributed by atoms with van der Waals surface area (Å²) in [5, 5.41) is 0. The second-order valence-corrected chi connectivity index (χ2v) is 13.1. The first kappa shape index (κ1) is 16.4. The Morgan fingerprint density at radius 1 is 1.14 bits per heavy atom. The first-order valence-electron chi connectivity index (χ1n) is 8.27. The van der Waals surface area contributed by atoms with Crippen LogP contribution in [0, 0.1) is 17.8 Å². The summed E-state index contributed by atoms with van der Waals surface area (Å²) >= 11 is 0. The van der Waals surface area contributed by atoms with Crippen LogP contribution in [0.2, 0.25) is 19.6 Å². The molecule has 0 heterocycles. The monoisotopic (exact) mass is 332 g/mol. The fourth-order valence-corrected chi connectivity index (χ4v) is 6.65. The topological polar surface area (TPSA) is 35.5 Å². The third-order valence-corrected chi connectivity index (χ3v) is 6.30. The van der Waals surface area contributed by atoms with E-state index in [4.69, 9.17) is 9.16 Å². The van der Waals surface area contributed by atoms with E-state index < -0.39 is 20.2 Å². The van der Waals surface area contributed by atoms with Crippen LogP contribution in [0.3, 0.4) is 0 Å². The Morgan fingerprint density at radius 3 is 2.14 bits per heavy atom. The van der Waals surface area contributed by atoms with Gasteiger partial charge >= 0.3 is 11.9 Å². The van der Waals surface area contributed by atoms with Crippen molar-refractivity contribution in [2.24, 2.45) is 17.8 Å². The first-order valence-corrected chi connectivity index (χ1v) is 11.7. The van der Waals surface area contributed by atoms with Gasteiger partial charge in [-0.15, -0.1) is 0 Å². The van der Waals surface area contributed by atoms with Gasteiger partial charge in [0.15, 0.2) is 8.32 Å². The number of halogens is 2. The zero-order chi connectivity index (χ0) is 16.3. The molecule has 2 unspecified atom stereocenters. The summed E-state index contributed by atoms with van der Waals surface area (Å²) in [4.78, 5) is 11.6. The van der Waals surface area contributed by atoms with Crippen molar-refractivity contribution in [2.75, 3.05) is 0 Å². The Hall–Kier alpha value is -0.493. The second-order valence-electron chi connectivity index (χ2n) is 8.63. The quantitative estimate of drug-likeness (QED) is 0.577. The standard InChI is InChI=1S/C16H26F2O3Si/c1-15(17,18)14(19)20-13-11-5-10-6-12(13)9-16(7-10,8-11)21-22(2,3)4/h10-13H,5-9H2,1-4H3. The van der Waals surface area contributed by atoms with Gasteiger partial charge in [-0.3, -0.25) is 0 Å². The van der Waals surface area contributed by atoms with E-state index in [2.05, 4.69) is 19.6 Å². The summed E-state index contributed by atoms with van der Waals surface area (Å²) in [6, 6.07) is 0. The minimum absolute atomic E-state index is 0.0847. The highest BCUT2D eigenvalue weighted by molar-refractivity contribution is 6.69. The van der Waals surface area contributed by atoms with Gasteiger partial charge in [0.25, 0.3) is 0 Å². The Morgan fingerprint density at radius 2 is 1.68 bits per heavy atom. The van der Waals surface area contributed by atoms with Gasteiger partial charge < -0.3 is 9.16 Å². The predicted octanol–water partition coefficient (Wildman–Crippen LogP) is 3.98. The molecule has 2 atom stereocenters. The molecule has 4 rings (SSSR count). The van der Waals surface area contributed by atoms with Crippen LogP contribution < -0.4 is 0 Å². The lowest BCUT2D eigenvalue weighted by molar-refractivity contribution is -0.209. The van der Waals surface area contributed by atoms with Crippen molar-refractivity contribution in [2.45, 2.75) is 76.3 Å². The van der Waals surface area contributed by atoms with Crippen molar-refractivity contribution in [1.82, 2.24) is 0 Å². The van der Waals surface area contributed by atoms with Gasteiger partial charge in [-0.2, -0.15) is 8.78 Å². The van der Waals surface area contributed by atoms with E-state index in [1.807, 2.05) is 0 Å². The van der Waals surface area contributed by atoms with Gasteiger partial charge in [-0.1, -0.05) is 0 Å². The molecule has 4 saturated carbocycles. The average Bonchev–Trinajstić information content (AvgIpc) is 2.28. The average molecular weight is 332 g/mol. The minimum atomic E-state index is -3.40. The molecule has 0 spiro atoms. The highest BCUT2D eigenvalue weighted by atomic mass is 28.4. The van der Waals surface area contributed by atoms with Crippen molar-refractivity contribution in [3.8, 4) is 0 Å². The molecule has 4 aliphatic carbocycles. The fraction of sp³-hybridized carbons (Fsp3) is 0.938. The van der Waals surface area contributed by atoms with E-state index in [0.717, 1.165) is 32.1 Å². The number of hydrogen-bond donors (Lipinski definition) is 0. The normalized spacial score (nSPS) is 40.8. The number of carbonyl (C=O) groups is 1. The number of carbonyl (C=O) groups excluding carboxylic acids is 1. The van der Waals surface area contributed by atoms with Crippen LogP contribution in [0.1, 0.15) is 39.0 Å². The van der Waals surface area contributed by atoms with Crippen molar-refractivity contribution in [3.05, 3.63) is 0 Å². The van der Waals surface area contributed by atoms with Gasteiger partial charge in [-0.05, 0) is 69.5 Å². The molecular weight excluding hydrogens is 306 g/mol. The van der Waals surface area contributed by atoms with E-state index in [9.17, 15) is 13.6 Å². The largest absolute Gasteiger partial charge is 0.457 e. The van der Waals surface area contributed by atoms with E-state index in [0.29, 0.717) is 12.8 Å². The third-order valence-electron chi connectivity index (χ3n) is 5.25. The van der Waals surface area contributed by atoms with Crippen LogP contribution in [0.4, 0.5) is 8.78 Å². The molecular formula is C16H26F2O3Si. The maximum Gasteiger partial charge on any atom is 0.376 e. The van der Waals surface area contributed by atoms with Crippen molar-refractivity contribution in [3.63, 3.8) is 0 Å². The zero-order valence-electron chi connectivity index (χ0n) is 13.8. The number of ether oxygens (including phenoxy) is 1. The summed E-state index contributed by atoms with van der Waals surface area (Å²) < 4.78 is 38.0. The van der Waals surface area contributed by atoms with Crippen LogP contribution in [-0.4, -0.2) is 31.9 Å². The molecule has 0 aliphatic heterocycles. The molecule has 0 aromatic carbocycles. The fourth-order valence-electron chi connectivity index (χ4n) is 5.10. The lowest BCUT2D eigenvalue weighted by atomic mass is 9.53. The van der Waals surface area contributed by atoms with Gasteiger partial charge in [-0.25, -0.2) is 4.79 Å². The maximum atomic E-state index is 13.1. The van der Waals surface area contributed by atoms with Crippen LogP contribution in [0.15, 0.2) is 0 Å². The zero-order valence-corrected chi connectivity index (χ0v) is 14.8. The van der Waals surface area contributed by atoms with E-state index >= 15 is 0 Å². The van der Waals surface area contributed by atoms with Crippen LogP contribution in [0.25, 0.3) is 0 Å². The summed E-state index contributed by atoms with van der Waals surface area (Å²) in [7, 11) is -1.65. The lowest BCUT2D eigenvalue weighted by Gasteiger charge is -2.60. The predicted molar refractivity (Wildman–Crippen MR) is 81.2 cm³/mol. The Kier molecular flexibility index (Phi) is 3.72. The number of rotatable bonds is 4. The van der Waals surface area contributed by atoms with Gasteiger partial charge in [0.2, 0.25) is 0 Å².